The molecule has 0 unspecified atom stereocenters. The van der Waals surface area contributed by atoms with Gasteiger partial charge in [-0.2, -0.15) is 0 Å². The number of rotatable bonds is 4. The molecule has 11 aromatic rings. The number of benzene rings is 5. The average molecular weight is 717 g/mol. The van der Waals surface area contributed by atoms with Gasteiger partial charge in [-0.25, -0.2) is 19.9 Å². The Labute approximate surface area is 322 Å². The molecular weight excluding hydrogens is 685 g/mol. The van der Waals surface area contributed by atoms with Crippen LogP contribution >= 0.6 is 0 Å². The highest BCUT2D eigenvalue weighted by atomic mass is 14.8. The van der Waals surface area contributed by atoms with Crippen LogP contribution in [-0.4, -0.2) is 29.9 Å². The second kappa shape index (κ2) is 12.6. The molecule has 6 nitrogen and oxygen atoms in total. The topological polar surface area (TPSA) is 77.3 Å². The van der Waals surface area contributed by atoms with Crippen molar-refractivity contribution in [2.75, 3.05) is 0 Å². The number of aryl methyl sites for hydroxylation is 2. The van der Waals surface area contributed by atoms with E-state index in [1.165, 1.54) is 0 Å². The average Bonchev–Trinajstić information content (AvgIpc) is 3.25. The Bertz CT molecular complexity index is 3180. The first kappa shape index (κ1) is 32.0. The maximum Gasteiger partial charge on any atom is 0.0972 e. The Morgan fingerprint density at radius 1 is 0.250 bits per heavy atom. The number of pyridine rings is 6. The number of nitrogens with zero attached hydrogens (tertiary/aromatic N) is 6. The minimum atomic E-state index is 0.867. The van der Waals surface area contributed by atoms with Crippen molar-refractivity contribution < 1.29 is 0 Å². The van der Waals surface area contributed by atoms with Gasteiger partial charge in [0.1, 0.15) is 0 Å². The second-order valence-electron chi connectivity index (χ2n) is 14.5. The molecule has 0 saturated heterocycles. The quantitative estimate of drug-likeness (QED) is 0.169. The summed E-state index contributed by atoms with van der Waals surface area (Å²) in [6, 6.07) is 54.8. The zero-order valence-electron chi connectivity index (χ0n) is 30.7. The summed E-state index contributed by atoms with van der Waals surface area (Å²) in [7, 11) is 0. The van der Waals surface area contributed by atoms with Crippen LogP contribution in [0.1, 0.15) is 11.4 Å². The van der Waals surface area contributed by atoms with E-state index < -0.39 is 0 Å². The predicted octanol–water partition coefficient (Wildman–Crippen LogP) is 12.3. The number of hydrogen-bond donors (Lipinski definition) is 0. The van der Waals surface area contributed by atoms with Crippen molar-refractivity contribution in [2.45, 2.75) is 13.8 Å². The molecule has 262 valence electrons. The molecule has 11 rings (SSSR count). The highest BCUT2D eigenvalue weighted by Gasteiger charge is 2.13. The molecule has 6 heteroatoms. The maximum atomic E-state index is 5.26. The van der Waals surface area contributed by atoms with Crippen LogP contribution in [0.25, 0.3) is 110 Å². The Hall–Kier alpha value is -7.44. The van der Waals surface area contributed by atoms with Crippen LogP contribution < -0.4 is 0 Å². The molecular formula is C50H32N6. The van der Waals surface area contributed by atoms with E-state index in [1.54, 1.807) is 0 Å². The number of aromatic nitrogens is 6. The molecule has 0 aliphatic heterocycles. The summed E-state index contributed by atoms with van der Waals surface area (Å²) in [5.74, 6) is 0. The van der Waals surface area contributed by atoms with Crippen LogP contribution in [-0.2, 0) is 0 Å². The fraction of sp³-hybridized carbons (Fsp3) is 0.0400. The lowest BCUT2D eigenvalue weighted by Gasteiger charge is -2.10. The highest BCUT2D eigenvalue weighted by Crippen LogP contribution is 2.33. The van der Waals surface area contributed by atoms with Gasteiger partial charge in [-0.15, -0.1) is 0 Å². The smallest absolute Gasteiger partial charge is 0.0972 e. The molecule has 6 aromatic heterocycles. The predicted molar refractivity (Wildman–Crippen MR) is 229 cm³/mol. The molecule has 0 fully saturated rings. The molecule has 0 bridgehead atoms. The van der Waals surface area contributed by atoms with Crippen molar-refractivity contribution in [1.29, 1.82) is 0 Å². The monoisotopic (exact) mass is 716 g/mol. The minimum absolute atomic E-state index is 0.867. The van der Waals surface area contributed by atoms with E-state index in [2.05, 4.69) is 146 Å². The number of hydrogen-bond acceptors (Lipinski definition) is 6. The molecule has 0 amide bonds. The third-order valence-electron chi connectivity index (χ3n) is 10.7. The zero-order chi connectivity index (χ0) is 37.3. The molecule has 0 spiro atoms. The van der Waals surface area contributed by atoms with Crippen LogP contribution in [0.3, 0.4) is 0 Å². The maximum absolute atomic E-state index is 5.26. The van der Waals surface area contributed by atoms with Crippen molar-refractivity contribution in [1.82, 2.24) is 29.9 Å². The Morgan fingerprint density at radius 2 is 0.482 bits per heavy atom. The molecule has 0 radical (unpaired) electrons. The van der Waals surface area contributed by atoms with Crippen LogP contribution in [0.4, 0.5) is 0 Å². The third kappa shape index (κ3) is 5.42. The first-order valence-electron chi connectivity index (χ1n) is 18.8. The molecule has 0 aliphatic rings. The summed E-state index contributed by atoms with van der Waals surface area (Å²) >= 11 is 0. The van der Waals surface area contributed by atoms with Crippen molar-refractivity contribution >= 4 is 65.4 Å². The Kier molecular flexibility index (Phi) is 7.19. The summed E-state index contributed by atoms with van der Waals surface area (Å²) in [6.45, 7) is 4.04. The summed E-state index contributed by atoms with van der Waals surface area (Å²) < 4.78 is 0. The van der Waals surface area contributed by atoms with E-state index in [0.29, 0.717) is 0 Å². The van der Waals surface area contributed by atoms with Crippen molar-refractivity contribution in [2.24, 2.45) is 0 Å². The molecule has 0 saturated carbocycles. The summed E-state index contributed by atoms with van der Waals surface area (Å²) in [5.41, 5.74) is 15.0. The van der Waals surface area contributed by atoms with Crippen molar-refractivity contribution in [3.63, 3.8) is 0 Å². The van der Waals surface area contributed by atoms with Gasteiger partial charge >= 0.3 is 0 Å². The summed E-state index contributed by atoms with van der Waals surface area (Å²) in [6.07, 6.45) is 0. The van der Waals surface area contributed by atoms with E-state index in [9.17, 15) is 0 Å². The fourth-order valence-corrected chi connectivity index (χ4v) is 7.82. The lowest BCUT2D eigenvalue weighted by atomic mass is 10.0. The van der Waals surface area contributed by atoms with Crippen molar-refractivity contribution in [3.8, 4) is 45.0 Å². The van der Waals surface area contributed by atoms with E-state index in [4.69, 9.17) is 29.9 Å². The first-order chi connectivity index (χ1) is 27.5. The zero-order valence-corrected chi connectivity index (χ0v) is 30.7. The lowest BCUT2D eigenvalue weighted by molar-refractivity contribution is 1.25. The van der Waals surface area contributed by atoms with Gasteiger partial charge in [-0.1, -0.05) is 109 Å². The van der Waals surface area contributed by atoms with Gasteiger partial charge < -0.3 is 0 Å². The van der Waals surface area contributed by atoms with Gasteiger partial charge in [-0.05, 0) is 62.4 Å². The van der Waals surface area contributed by atoms with Gasteiger partial charge in [0.2, 0.25) is 0 Å². The molecule has 0 atom stereocenters. The molecule has 0 aliphatic carbocycles. The largest absolute Gasteiger partial charge is 0.251 e. The van der Waals surface area contributed by atoms with E-state index in [-0.39, 0.29) is 0 Å². The van der Waals surface area contributed by atoms with Gasteiger partial charge in [0, 0.05) is 66.0 Å². The van der Waals surface area contributed by atoms with Gasteiger partial charge in [-0.3, -0.25) is 9.97 Å². The van der Waals surface area contributed by atoms with E-state index in [0.717, 1.165) is 122 Å². The van der Waals surface area contributed by atoms with Gasteiger partial charge in [0.15, 0.2) is 0 Å². The Balaban J connectivity index is 0.978. The van der Waals surface area contributed by atoms with Crippen LogP contribution in [0.15, 0.2) is 158 Å². The van der Waals surface area contributed by atoms with Gasteiger partial charge in [0.25, 0.3) is 0 Å². The van der Waals surface area contributed by atoms with Crippen molar-refractivity contribution in [3.05, 3.63) is 169 Å². The first-order valence-corrected chi connectivity index (χ1v) is 18.8. The standard InChI is InChI=1S/C50H32N6/c1-29-9-11-31-13-15-33-19-23-41(53-47(33)45(31)51-29)37-5-3-7-39(27-37)43-25-21-35-17-18-36-22-26-44(56-50(36)49(35)55-43)40-8-4-6-38(28-40)42-24-20-34-16-14-32-12-10-30(2)52-46(32)48(34)54-42/h3-28H,1-2H3. The molecule has 56 heavy (non-hydrogen) atoms. The third-order valence-corrected chi connectivity index (χ3v) is 10.7. The van der Waals surface area contributed by atoms with Crippen LogP contribution in [0, 0.1) is 13.8 Å². The lowest BCUT2D eigenvalue weighted by Crippen LogP contribution is -1.93. The molecule has 5 aromatic carbocycles. The molecule has 0 N–H and O–H groups in total. The normalized spacial score (nSPS) is 11.8. The van der Waals surface area contributed by atoms with E-state index in [1.807, 2.05) is 26.0 Å². The SMILES string of the molecule is Cc1ccc2ccc3ccc(-c4cccc(-c5ccc6ccc7ccc(-c8cccc(-c9ccc%10ccc%11ccc(C)nc%11c%10n9)c8)nc7c6n5)c4)nc3c2n1. The summed E-state index contributed by atoms with van der Waals surface area (Å²) in [5, 5.41) is 6.40. The number of fused-ring (bicyclic) bond motifs is 9. The molecule has 6 heterocycles. The minimum Gasteiger partial charge on any atom is -0.251 e. The van der Waals surface area contributed by atoms with Gasteiger partial charge in [0.05, 0.1) is 55.9 Å². The summed E-state index contributed by atoms with van der Waals surface area (Å²) in [4.78, 5) is 30.5. The Morgan fingerprint density at radius 3 is 0.768 bits per heavy atom. The fourth-order valence-electron chi connectivity index (χ4n) is 7.82. The van der Waals surface area contributed by atoms with E-state index >= 15 is 0 Å². The van der Waals surface area contributed by atoms with Crippen LogP contribution in [0.2, 0.25) is 0 Å². The second-order valence-corrected chi connectivity index (χ2v) is 14.5. The highest BCUT2D eigenvalue weighted by molar-refractivity contribution is 6.06. The van der Waals surface area contributed by atoms with Crippen LogP contribution in [0.5, 0.6) is 0 Å².